The SMILES string of the molecule is CC1CCc2nc3cc(C(=O)O)ccn3c2C1. The van der Waals surface area contributed by atoms with E-state index in [0.717, 1.165) is 24.2 Å². The van der Waals surface area contributed by atoms with Gasteiger partial charge in [0.1, 0.15) is 5.65 Å². The van der Waals surface area contributed by atoms with E-state index in [4.69, 9.17) is 5.11 Å². The molecule has 2 aromatic rings. The minimum absolute atomic E-state index is 0.299. The minimum Gasteiger partial charge on any atom is -0.478 e. The van der Waals surface area contributed by atoms with Crippen LogP contribution in [0.15, 0.2) is 18.3 Å². The fourth-order valence-corrected chi connectivity index (χ4v) is 2.51. The molecule has 0 radical (unpaired) electrons. The highest BCUT2D eigenvalue weighted by Gasteiger charge is 2.20. The first-order chi connectivity index (χ1) is 8.15. The summed E-state index contributed by atoms with van der Waals surface area (Å²) in [7, 11) is 0. The Balaban J connectivity index is 2.18. The molecule has 2 heterocycles. The second kappa shape index (κ2) is 3.58. The zero-order valence-corrected chi connectivity index (χ0v) is 9.68. The van der Waals surface area contributed by atoms with Gasteiger partial charge in [0, 0.05) is 11.9 Å². The van der Waals surface area contributed by atoms with Crippen LogP contribution in [0.1, 0.15) is 35.1 Å². The van der Waals surface area contributed by atoms with Gasteiger partial charge in [-0.15, -0.1) is 0 Å². The summed E-state index contributed by atoms with van der Waals surface area (Å²) in [4.78, 5) is 15.4. The summed E-state index contributed by atoms with van der Waals surface area (Å²) in [6, 6.07) is 3.28. The number of hydrogen-bond donors (Lipinski definition) is 1. The first kappa shape index (κ1) is 10.3. The Morgan fingerprint density at radius 1 is 1.59 bits per heavy atom. The number of hydrogen-bond acceptors (Lipinski definition) is 2. The van der Waals surface area contributed by atoms with E-state index in [2.05, 4.69) is 11.9 Å². The molecule has 0 bridgehead atoms. The molecule has 0 fully saturated rings. The predicted octanol–water partition coefficient (Wildman–Crippen LogP) is 2.16. The van der Waals surface area contributed by atoms with Crippen molar-refractivity contribution >= 4 is 11.6 Å². The van der Waals surface area contributed by atoms with E-state index in [0.29, 0.717) is 11.5 Å². The molecule has 88 valence electrons. The van der Waals surface area contributed by atoms with E-state index in [1.165, 1.54) is 12.1 Å². The smallest absolute Gasteiger partial charge is 0.335 e. The molecule has 1 atom stereocenters. The van der Waals surface area contributed by atoms with Crippen molar-refractivity contribution in [3.05, 3.63) is 35.3 Å². The van der Waals surface area contributed by atoms with Crippen molar-refractivity contribution in [3.8, 4) is 0 Å². The van der Waals surface area contributed by atoms with Crippen LogP contribution in [0.4, 0.5) is 0 Å². The van der Waals surface area contributed by atoms with E-state index in [1.807, 2.05) is 10.6 Å². The Kier molecular flexibility index (Phi) is 2.18. The van der Waals surface area contributed by atoms with Crippen molar-refractivity contribution in [2.45, 2.75) is 26.2 Å². The summed E-state index contributed by atoms with van der Waals surface area (Å²) < 4.78 is 2.03. The van der Waals surface area contributed by atoms with Gasteiger partial charge in [0.25, 0.3) is 0 Å². The van der Waals surface area contributed by atoms with Gasteiger partial charge in [-0.1, -0.05) is 6.92 Å². The van der Waals surface area contributed by atoms with Gasteiger partial charge in [0.15, 0.2) is 0 Å². The van der Waals surface area contributed by atoms with Crippen LogP contribution in [0.25, 0.3) is 5.65 Å². The third kappa shape index (κ3) is 1.60. The van der Waals surface area contributed by atoms with Crippen molar-refractivity contribution in [3.63, 3.8) is 0 Å². The third-order valence-electron chi connectivity index (χ3n) is 3.47. The zero-order chi connectivity index (χ0) is 12.0. The summed E-state index contributed by atoms with van der Waals surface area (Å²) in [5, 5.41) is 8.95. The Hall–Kier alpha value is -1.84. The van der Waals surface area contributed by atoms with Crippen LogP contribution < -0.4 is 0 Å². The number of carbonyl (C=O) groups is 1. The quantitative estimate of drug-likeness (QED) is 0.816. The molecule has 4 heteroatoms. The van der Waals surface area contributed by atoms with Crippen molar-refractivity contribution < 1.29 is 9.90 Å². The van der Waals surface area contributed by atoms with Crippen LogP contribution in [-0.2, 0) is 12.8 Å². The Morgan fingerprint density at radius 3 is 3.18 bits per heavy atom. The average Bonchev–Trinajstić information content (AvgIpc) is 2.66. The number of nitrogens with zero attached hydrogens (tertiary/aromatic N) is 2. The Bertz CT molecular complexity index is 601. The standard InChI is InChI=1S/C13H14N2O2/c1-8-2-3-10-11(6-8)15-5-4-9(13(16)17)7-12(15)14-10/h4-5,7-8H,2-3,6H2,1H3,(H,16,17). The summed E-state index contributed by atoms with van der Waals surface area (Å²) in [6.07, 6.45) is 5.02. The Labute approximate surface area is 98.9 Å². The predicted molar refractivity (Wildman–Crippen MR) is 63.3 cm³/mol. The molecule has 0 aliphatic heterocycles. The van der Waals surface area contributed by atoms with E-state index in [1.54, 1.807) is 12.1 Å². The lowest BCUT2D eigenvalue weighted by atomic mass is 9.91. The van der Waals surface area contributed by atoms with Gasteiger partial charge in [0.2, 0.25) is 0 Å². The second-order valence-corrected chi connectivity index (χ2v) is 4.80. The zero-order valence-electron chi connectivity index (χ0n) is 9.68. The lowest BCUT2D eigenvalue weighted by Gasteiger charge is -2.17. The molecule has 0 aromatic carbocycles. The molecule has 1 unspecified atom stereocenters. The first-order valence-electron chi connectivity index (χ1n) is 5.88. The van der Waals surface area contributed by atoms with E-state index in [-0.39, 0.29) is 0 Å². The lowest BCUT2D eigenvalue weighted by Crippen LogP contribution is -2.12. The van der Waals surface area contributed by atoms with Crippen molar-refractivity contribution in [2.75, 3.05) is 0 Å². The third-order valence-corrected chi connectivity index (χ3v) is 3.47. The van der Waals surface area contributed by atoms with Gasteiger partial charge >= 0.3 is 5.97 Å². The molecule has 0 saturated heterocycles. The number of aryl methyl sites for hydroxylation is 1. The van der Waals surface area contributed by atoms with Gasteiger partial charge in [0.05, 0.1) is 11.3 Å². The number of rotatable bonds is 1. The lowest BCUT2D eigenvalue weighted by molar-refractivity contribution is 0.0697. The summed E-state index contributed by atoms with van der Waals surface area (Å²) in [5.41, 5.74) is 3.43. The highest BCUT2D eigenvalue weighted by molar-refractivity contribution is 5.88. The molecule has 0 amide bonds. The first-order valence-corrected chi connectivity index (χ1v) is 5.88. The molecule has 1 N–H and O–H groups in total. The molecule has 0 spiro atoms. The minimum atomic E-state index is -0.901. The topological polar surface area (TPSA) is 54.6 Å². The van der Waals surface area contributed by atoms with Gasteiger partial charge in [-0.05, 0) is 37.3 Å². The number of carboxylic acid groups (broad SMARTS) is 1. The molecule has 4 nitrogen and oxygen atoms in total. The molecule has 0 saturated carbocycles. The number of aromatic carboxylic acids is 1. The van der Waals surface area contributed by atoms with Crippen molar-refractivity contribution in [2.24, 2.45) is 5.92 Å². The number of fused-ring (bicyclic) bond motifs is 3. The summed E-state index contributed by atoms with van der Waals surface area (Å²) >= 11 is 0. The normalized spacial score (nSPS) is 19.2. The van der Waals surface area contributed by atoms with Crippen LogP contribution in [0, 0.1) is 5.92 Å². The molecular weight excluding hydrogens is 216 g/mol. The highest BCUT2D eigenvalue weighted by Crippen LogP contribution is 2.26. The van der Waals surface area contributed by atoms with Crippen LogP contribution >= 0.6 is 0 Å². The van der Waals surface area contributed by atoms with E-state index >= 15 is 0 Å². The Morgan fingerprint density at radius 2 is 2.41 bits per heavy atom. The summed E-state index contributed by atoms with van der Waals surface area (Å²) in [5.74, 6) is -0.219. The average molecular weight is 230 g/mol. The maximum absolute atomic E-state index is 10.9. The van der Waals surface area contributed by atoms with Gasteiger partial charge < -0.3 is 9.51 Å². The largest absolute Gasteiger partial charge is 0.478 e. The number of aromatic nitrogens is 2. The van der Waals surface area contributed by atoms with Crippen LogP contribution in [0.5, 0.6) is 0 Å². The summed E-state index contributed by atoms with van der Waals surface area (Å²) in [6.45, 7) is 2.24. The van der Waals surface area contributed by atoms with E-state index < -0.39 is 5.97 Å². The van der Waals surface area contributed by atoms with Gasteiger partial charge in [-0.2, -0.15) is 0 Å². The maximum Gasteiger partial charge on any atom is 0.335 e. The molecule has 17 heavy (non-hydrogen) atoms. The van der Waals surface area contributed by atoms with E-state index in [9.17, 15) is 4.79 Å². The van der Waals surface area contributed by atoms with Crippen LogP contribution in [-0.4, -0.2) is 20.5 Å². The number of imidazole rings is 1. The maximum atomic E-state index is 10.9. The fourth-order valence-electron chi connectivity index (χ4n) is 2.51. The molecule has 1 aliphatic carbocycles. The number of pyridine rings is 1. The monoisotopic (exact) mass is 230 g/mol. The van der Waals surface area contributed by atoms with Crippen LogP contribution in [0.2, 0.25) is 0 Å². The number of carboxylic acids is 1. The molecule has 1 aliphatic rings. The fraction of sp³-hybridized carbons (Fsp3) is 0.385. The van der Waals surface area contributed by atoms with Crippen molar-refractivity contribution in [1.82, 2.24) is 9.38 Å². The highest BCUT2D eigenvalue weighted by atomic mass is 16.4. The molecular formula is C13H14N2O2. The molecule has 3 rings (SSSR count). The second-order valence-electron chi connectivity index (χ2n) is 4.80. The molecule has 2 aromatic heterocycles. The van der Waals surface area contributed by atoms with Gasteiger partial charge in [-0.25, -0.2) is 9.78 Å². The van der Waals surface area contributed by atoms with Gasteiger partial charge in [-0.3, -0.25) is 0 Å². The van der Waals surface area contributed by atoms with Crippen LogP contribution in [0.3, 0.4) is 0 Å². The van der Waals surface area contributed by atoms with Crippen molar-refractivity contribution in [1.29, 1.82) is 0 Å².